The van der Waals surface area contributed by atoms with Gasteiger partial charge in [-0.15, -0.1) is 11.3 Å². The second-order valence-electron chi connectivity index (χ2n) is 6.78. The zero-order valence-electron chi connectivity index (χ0n) is 15.0. The highest BCUT2D eigenvalue weighted by Crippen LogP contribution is 2.33. The van der Waals surface area contributed by atoms with Crippen molar-refractivity contribution in [2.45, 2.75) is 31.8 Å². The van der Waals surface area contributed by atoms with Gasteiger partial charge in [-0.2, -0.15) is 0 Å². The van der Waals surface area contributed by atoms with Crippen LogP contribution in [0.1, 0.15) is 36.7 Å². The minimum atomic E-state index is -0.463. The van der Waals surface area contributed by atoms with Crippen LogP contribution in [0.4, 0.5) is 5.69 Å². The Bertz CT molecular complexity index is 770. The number of anilines is 1. The van der Waals surface area contributed by atoms with E-state index in [-0.39, 0.29) is 36.3 Å². The molecule has 0 saturated carbocycles. The molecule has 1 saturated heterocycles. The summed E-state index contributed by atoms with van der Waals surface area (Å²) >= 11 is 1.55. The molecule has 1 aliphatic rings. The van der Waals surface area contributed by atoms with Gasteiger partial charge >= 0.3 is 0 Å². The number of nitrogens with one attached hydrogen (secondary N) is 1. The molecule has 27 heavy (non-hydrogen) atoms. The molecular weight excluding hydrogens is 364 g/mol. The van der Waals surface area contributed by atoms with E-state index in [9.17, 15) is 19.8 Å². The Morgan fingerprint density at radius 3 is 2.63 bits per heavy atom. The zero-order chi connectivity index (χ0) is 19.2. The van der Waals surface area contributed by atoms with Gasteiger partial charge in [-0.1, -0.05) is 12.1 Å². The Hall–Kier alpha value is -2.38. The third-order valence-electron chi connectivity index (χ3n) is 4.87. The summed E-state index contributed by atoms with van der Waals surface area (Å²) in [6, 6.07) is 10.2. The molecule has 0 radical (unpaired) electrons. The average Bonchev–Trinajstić information content (AvgIpc) is 3.20. The number of phenolic OH excluding ortho intramolecular Hbond substituents is 1. The molecule has 0 spiro atoms. The predicted molar refractivity (Wildman–Crippen MR) is 105 cm³/mol. The van der Waals surface area contributed by atoms with Crippen LogP contribution in [0.25, 0.3) is 0 Å². The zero-order valence-corrected chi connectivity index (χ0v) is 15.8. The van der Waals surface area contributed by atoms with Crippen molar-refractivity contribution in [2.24, 2.45) is 5.92 Å². The van der Waals surface area contributed by atoms with E-state index in [1.165, 1.54) is 12.1 Å². The van der Waals surface area contributed by atoms with E-state index >= 15 is 0 Å². The van der Waals surface area contributed by atoms with Crippen LogP contribution in [-0.4, -0.2) is 40.0 Å². The summed E-state index contributed by atoms with van der Waals surface area (Å²) in [6.07, 6.45) is 1.32. The highest BCUT2D eigenvalue weighted by atomic mass is 32.1. The molecule has 3 N–H and O–H groups in total. The van der Waals surface area contributed by atoms with Crippen LogP contribution in [0.3, 0.4) is 0 Å². The molecule has 1 fully saturated rings. The lowest BCUT2D eigenvalue weighted by Crippen LogP contribution is -2.39. The number of aliphatic hydroxyl groups excluding tert-OH is 1. The molecule has 0 bridgehead atoms. The first kappa shape index (κ1) is 19.4. The van der Waals surface area contributed by atoms with Crippen molar-refractivity contribution >= 4 is 28.8 Å². The maximum Gasteiger partial charge on any atom is 0.224 e. The van der Waals surface area contributed by atoms with E-state index in [0.717, 1.165) is 17.7 Å². The molecule has 0 aliphatic carbocycles. The number of likely N-dealkylation sites (tertiary alicyclic amines) is 1. The number of aromatic hydroxyl groups is 1. The normalized spacial score (nSPS) is 16.1. The Morgan fingerprint density at radius 2 is 1.96 bits per heavy atom. The maximum atomic E-state index is 12.4. The number of phenols is 1. The maximum absolute atomic E-state index is 12.4. The lowest BCUT2D eigenvalue weighted by molar-refractivity contribution is -0.134. The number of nitrogens with zero attached hydrogens (tertiary/aromatic N) is 1. The molecule has 2 aromatic rings. The molecule has 2 amide bonds. The Morgan fingerprint density at radius 1 is 1.19 bits per heavy atom. The summed E-state index contributed by atoms with van der Waals surface area (Å²) < 4.78 is 0. The van der Waals surface area contributed by atoms with Gasteiger partial charge in [0.05, 0.1) is 6.10 Å². The van der Waals surface area contributed by atoms with Crippen molar-refractivity contribution < 1.29 is 19.8 Å². The van der Waals surface area contributed by atoms with Crippen LogP contribution < -0.4 is 5.32 Å². The van der Waals surface area contributed by atoms with Crippen LogP contribution in [0, 0.1) is 5.92 Å². The third kappa shape index (κ3) is 5.30. The number of carbonyl (C=O) groups is 2. The van der Waals surface area contributed by atoms with Gasteiger partial charge in [0.25, 0.3) is 0 Å². The molecule has 6 nitrogen and oxygen atoms in total. The number of piperidine rings is 1. The molecular formula is C20H24N2O4S. The topological polar surface area (TPSA) is 89.9 Å². The summed E-state index contributed by atoms with van der Waals surface area (Å²) in [7, 11) is 0. The SMILES string of the molecule is O=C(CCC(=O)N1CCC(C(O)c2cccs2)CC1)Nc1cccc(O)c1. The van der Waals surface area contributed by atoms with Crippen LogP contribution in [-0.2, 0) is 9.59 Å². The predicted octanol–water partition coefficient (Wildman–Crippen LogP) is 3.14. The second-order valence-corrected chi connectivity index (χ2v) is 7.76. The van der Waals surface area contributed by atoms with E-state index in [0.29, 0.717) is 18.8 Å². The highest BCUT2D eigenvalue weighted by molar-refractivity contribution is 7.10. The number of hydrogen-bond donors (Lipinski definition) is 3. The molecule has 1 aromatic carbocycles. The Labute approximate surface area is 162 Å². The fourth-order valence-electron chi connectivity index (χ4n) is 3.34. The first-order valence-corrected chi connectivity index (χ1v) is 9.99. The lowest BCUT2D eigenvalue weighted by Gasteiger charge is -2.34. The third-order valence-corrected chi connectivity index (χ3v) is 5.81. The number of amides is 2. The fraction of sp³-hybridized carbons (Fsp3) is 0.400. The Balaban J connectivity index is 1.41. The molecule has 1 unspecified atom stereocenters. The molecule has 1 aromatic heterocycles. The van der Waals surface area contributed by atoms with Crippen molar-refractivity contribution in [1.29, 1.82) is 0 Å². The van der Waals surface area contributed by atoms with Gasteiger partial charge in [0.2, 0.25) is 11.8 Å². The van der Waals surface area contributed by atoms with Gasteiger partial charge in [0, 0.05) is 42.6 Å². The van der Waals surface area contributed by atoms with Gasteiger partial charge < -0.3 is 20.4 Å². The van der Waals surface area contributed by atoms with E-state index in [2.05, 4.69) is 5.32 Å². The summed E-state index contributed by atoms with van der Waals surface area (Å²) in [5, 5.41) is 24.5. The highest BCUT2D eigenvalue weighted by Gasteiger charge is 2.28. The van der Waals surface area contributed by atoms with Gasteiger partial charge in [0.15, 0.2) is 0 Å². The monoisotopic (exact) mass is 388 g/mol. The van der Waals surface area contributed by atoms with Crippen molar-refractivity contribution in [1.82, 2.24) is 4.90 Å². The first-order valence-electron chi connectivity index (χ1n) is 9.11. The van der Waals surface area contributed by atoms with Crippen LogP contribution in [0.2, 0.25) is 0 Å². The van der Waals surface area contributed by atoms with Crippen LogP contribution >= 0.6 is 11.3 Å². The first-order chi connectivity index (χ1) is 13.0. The van der Waals surface area contributed by atoms with E-state index in [4.69, 9.17) is 0 Å². The smallest absolute Gasteiger partial charge is 0.224 e. The van der Waals surface area contributed by atoms with E-state index < -0.39 is 6.10 Å². The van der Waals surface area contributed by atoms with Crippen LogP contribution in [0.5, 0.6) is 5.75 Å². The van der Waals surface area contributed by atoms with Crippen molar-refractivity contribution in [3.05, 3.63) is 46.7 Å². The minimum absolute atomic E-state index is 0.0369. The summed E-state index contributed by atoms with van der Waals surface area (Å²) in [6.45, 7) is 1.22. The van der Waals surface area contributed by atoms with E-state index in [1.54, 1.807) is 28.4 Å². The van der Waals surface area contributed by atoms with Gasteiger partial charge in [0.1, 0.15) is 5.75 Å². The van der Waals surface area contributed by atoms with Gasteiger partial charge in [-0.05, 0) is 42.3 Å². The Kier molecular flexibility index (Phi) is 6.47. The quantitative estimate of drug-likeness (QED) is 0.709. The molecule has 3 rings (SSSR count). The van der Waals surface area contributed by atoms with Crippen molar-refractivity contribution in [3.8, 4) is 5.75 Å². The molecule has 1 atom stereocenters. The van der Waals surface area contributed by atoms with Crippen LogP contribution in [0.15, 0.2) is 41.8 Å². The van der Waals surface area contributed by atoms with E-state index in [1.807, 2.05) is 17.5 Å². The minimum Gasteiger partial charge on any atom is -0.508 e. The number of benzene rings is 1. The largest absolute Gasteiger partial charge is 0.508 e. The summed E-state index contributed by atoms with van der Waals surface area (Å²) in [4.78, 5) is 27.1. The molecule has 144 valence electrons. The lowest BCUT2D eigenvalue weighted by atomic mass is 9.90. The molecule has 2 heterocycles. The van der Waals surface area contributed by atoms with Gasteiger partial charge in [-0.25, -0.2) is 0 Å². The summed E-state index contributed by atoms with van der Waals surface area (Å²) in [5.41, 5.74) is 0.510. The number of thiophene rings is 1. The molecule has 7 heteroatoms. The number of aliphatic hydroxyl groups is 1. The van der Waals surface area contributed by atoms with Crippen molar-refractivity contribution in [3.63, 3.8) is 0 Å². The number of hydrogen-bond acceptors (Lipinski definition) is 5. The number of rotatable bonds is 6. The average molecular weight is 388 g/mol. The summed E-state index contributed by atoms with van der Waals surface area (Å²) in [5.74, 6) is -0.0414. The standard InChI is InChI=1S/C20H24N2O4S/c23-16-4-1-3-15(13-16)21-18(24)6-7-19(25)22-10-8-14(9-11-22)20(26)17-5-2-12-27-17/h1-5,12-14,20,23,26H,6-11H2,(H,21,24). The molecule has 1 aliphatic heterocycles. The number of carbonyl (C=O) groups excluding carboxylic acids is 2. The fourth-order valence-corrected chi connectivity index (χ4v) is 4.15. The van der Waals surface area contributed by atoms with Crippen molar-refractivity contribution in [2.75, 3.05) is 18.4 Å². The van der Waals surface area contributed by atoms with Gasteiger partial charge in [-0.3, -0.25) is 9.59 Å². The second kappa shape index (κ2) is 9.01.